The molecule has 2 rings (SSSR count). The van der Waals surface area contributed by atoms with Gasteiger partial charge >= 0.3 is 0 Å². The average Bonchev–Trinajstić information content (AvgIpc) is 2.53. The van der Waals surface area contributed by atoms with Crippen molar-refractivity contribution in [3.05, 3.63) is 35.9 Å². The van der Waals surface area contributed by atoms with E-state index in [2.05, 4.69) is 24.1 Å². The molecular weight excluding hydrogens is 312 g/mol. The van der Waals surface area contributed by atoms with Gasteiger partial charge in [0.2, 0.25) is 10.0 Å². The third-order valence-electron chi connectivity index (χ3n) is 4.62. The molecule has 1 aromatic carbocycles. The molecule has 0 bridgehead atoms. The highest BCUT2D eigenvalue weighted by molar-refractivity contribution is 7.88. The van der Waals surface area contributed by atoms with E-state index in [0.29, 0.717) is 25.4 Å². The van der Waals surface area contributed by atoms with Crippen LogP contribution in [0.4, 0.5) is 0 Å². The van der Waals surface area contributed by atoms with Gasteiger partial charge in [-0.25, -0.2) is 12.7 Å². The summed E-state index contributed by atoms with van der Waals surface area (Å²) in [7, 11) is -1.04. The maximum atomic E-state index is 11.8. The summed E-state index contributed by atoms with van der Waals surface area (Å²) in [6.07, 6.45) is 3.94. The van der Waals surface area contributed by atoms with Crippen LogP contribution in [0.2, 0.25) is 0 Å². The van der Waals surface area contributed by atoms with Crippen LogP contribution in [0.1, 0.15) is 30.9 Å². The molecule has 0 aromatic heterocycles. The molecule has 1 heterocycles. The number of hydrogen-bond donors (Lipinski definition) is 1. The summed E-state index contributed by atoms with van der Waals surface area (Å²) >= 11 is 0. The second-order valence-corrected chi connectivity index (χ2v) is 8.49. The first-order chi connectivity index (χ1) is 10.9. The molecule has 1 N–H and O–H groups in total. The van der Waals surface area contributed by atoms with Crippen LogP contribution in [0.15, 0.2) is 30.3 Å². The zero-order valence-corrected chi connectivity index (χ0v) is 14.9. The molecule has 0 amide bonds. The Morgan fingerprint density at radius 1 is 1.35 bits per heavy atom. The minimum absolute atomic E-state index is 0.143. The summed E-state index contributed by atoms with van der Waals surface area (Å²) in [5.41, 5.74) is 1.19. The second kappa shape index (κ2) is 8.24. The average molecular weight is 340 g/mol. The maximum absolute atomic E-state index is 11.8. The number of nitrogens with zero attached hydrogens (tertiary/aromatic N) is 2. The Morgan fingerprint density at radius 3 is 2.65 bits per heavy atom. The van der Waals surface area contributed by atoms with E-state index in [1.54, 1.807) is 4.31 Å². The highest BCUT2D eigenvalue weighted by Crippen LogP contribution is 2.26. The van der Waals surface area contributed by atoms with E-state index in [-0.39, 0.29) is 12.6 Å². The molecule has 23 heavy (non-hydrogen) atoms. The molecule has 0 aliphatic carbocycles. The quantitative estimate of drug-likeness (QED) is 0.821. The van der Waals surface area contributed by atoms with Gasteiger partial charge in [-0.2, -0.15) is 0 Å². The lowest BCUT2D eigenvalue weighted by molar-refractivity contribution is 0.141. The molecule has 0 radical (unpaired) electrons. The fourth-order valence-electron chi connectivity index (χ4n) is 3.45. The van der Waals surface area contributed by atoms with Gasteiger partial charge in [0.05, 0.1) is 6.26 Å². The summed E-state index contributed by atoms with van der Waals surface area (Å²) < 4.78 is 25.1. The zero-order chi connectivity index (χ0) is 16.9. The molecule has 2 unspecified atom stereocenters. The van der Waals surface area contributed by atoms with E-state index >= 15 is 0 Å². The molecule has 1 aromatic rings. The van der Waals surface area contributed by atoms with Crippen molar-refractivity contribution in [2.24, 2.45) is 5.92 Å². The predicted octanol–water partition coefficient (Wildman–Crippen LogP) is 1.71. The van der Waals surface area contributed by atoms with Gasteiger partial charge in [0, 0.05) is 32.3 Å². The highest BCUT2D eigenvalue weighted by Gasteiger charge is 2.28. The van der Waals surface area contributed by atoms with E-state index in [1.807, 2.05) is 18.2 Å². The SMILES string of the molecule is CN(CC1CCCN(S(C)(=O)=O)C1)C(CCO)c1ccccc1. The Kier molecular flexibility index (Phi) is 6.59. The minimum Gasteiger partial charge on any atom is -0.396 e. The summed E-state index contributed by atoms with van der Waals surface area (Å²) in [6.45, 7) is 2.22. The summed E-state index contributed by atoms with van der Waals surface area (Å²) in [4.78, 5) is 2.25. The molecule has 1 fully saturated rings. The second-order valence-electron chi connectivity index (χ2n) is 6.51. The molecule has 0 saturated carbocycles. The minimum atomic E-state index is -3.10. The number of benzene rings is 1. The zero-order valence-electron chi connectivity index (χ0n) is 14.1. The van der Waals surface area contributed by atoms with Crippen LogP contribution < -0.4 is 0 Å². The molecule has 5 nitrogen and oxygen atoms in total. The smallest absolute Gasteiger partial charge is 0.211 e. The van der Waals surface area contributed by atoms with E-state index in [0.717, 1.165) is 19.4 Å². The molecule has 1 aliphatic heterocycles. The first-order valence-corrected chi connectivity index (χ1v) is 10.1. The molecule has 130 valence electrons. The highest BCUT2D eigenvalue weighted by atomic mass is 32.2. The van der Waals surface area contributed by atoms with Gasteiger partial charge < -0.3 is 5.11 Å². The fourth-order valence-corrected chi connectivity index (χ4v) is 4.39. The normalized spacial score (nSPS) is 21.5. The monoisotopic (exact) mass is 340 g/mol. The summed E-state index contributed by atoms with van der Waals surface area (Å²) in [6, 6.07) is 10.3. The number of piperidine rings is 1. The van der Waals surface area contributed by atoms with E-state index < -0.39 is 10.0 Å². The number of aliphatic hydroxyl groups is 1. The molecule has 6 heteroatoms. The molecule has 1 saturated heterocycles. The Bertz CT molecular complexity index is 577. The van der Waals surface area contributed by atoms with Crippen LogP contribution in [0.25, 0.3) is 0 Å². The van der Waals surface area contributed by atoms with Crippen molar-refractivity contribution in [1.82, 2.24) is 9.21 Å². The standard InChI is InChI=1S/C17H28N2O3S/c1-18(17(10-12-20)16-8-4-3-5-9-16)13-15-7-6-11-19(14-15)23(2,21)22/h3-5,8-9,15,17,20H,6-7,10-14H2,1-2H3. The number of rotatable bonds is 7. The van der Waals surface area contributed by atoms with Crippen LogP contribution in [-0.2, 0) is 10.0 Å². The number of sulfonamides is 1. The third-order valence-corrected chi connectivity index (χ3v) is 5.89. The van der Waals surface area contributed by atoms with Crippen LogP contribution >= 0.6 is 0 Å². The van der Waals surface area contributed by atoms with Gasteiger partial charge in [0.1, 0.15) is 0 Å². The topological polar surface area (TPSA) is 60.9 Å². The van der Waals surface area contributed by atoms with Crippen LogP contribution in [-0.4, -0.2) is 62.3 Å². The van der Waals surface area contributed by atoms with Crippen molar-refractivity contribution in [2.45, 2.75) is 25.3 Å². The van der Waals surface area contributed by atoms with Crippen molar-refractivity contribution in [2.75, 3.05) is 39.5 Å². The Morgan fingerprint density at radius 2 is 2.04 bits per heavy atom. The van der Waals surface area contributed by atoms with Crippen molar-refractivity contribution in [3.8, 4) is 0 Å². The van der Waals surface area contributed by atoms with Gasteiger partial charge in [-0.3, -0.25) is 4.90 Å². The lowest BCUT2D eigenvalue weighted by atomic mass is 9.96. The maximum Gasteiger partial charge on any atom is 0.211 e. The van der Waals surface area contributed by atoms with Gasteiger partial charge in [-0.1, -0.05) is 30.3 Å². The van der Waals surface area contributed by atoms with Gasteiger partial charge in [-0.05, 0) is 37.8 Å². The van der Waals surface area contributed by atoms with Crippen molar-refractivity contribution in [1.29, 1.82) is 0 Å². The predicted molar refractivity (Wildman–Crippen MR) is 92.7 cm³/mol. The first kappa shape index (κ1) is 18.4. The third kappa shape index (κ3) is 5.28. The Labute approximate surface area is 140 Å². The Balaban J connectivity index is 2.02. The van der Waals surface area contributed by atoms with E-state index in [4.69, 9.17) is 0 Å². The summed E-state index contributed by atoms with van der Waals surface area (Å²) in [5.74, 6) is 0.341. The van der Waals surface area contributed by atoms with Crippen molar-refractivity contribution >= 4 is 10.0 Å². The summed E-state index contributed by atoms with van der Waals surface area (Å²) in [5, 5.41) is 9.39. The molecular formula is C17H28N2O3S. The van der Waals surface area contributed by atoms with Crippen LogP contribution in [0.3, 0.4) is 0 Å². The molecule has 1 aliphatic rings. The molecule has 2 atom stereocenters. The Hall–Kier alpha value is -0.950. The fraction of sp³-hybridized carbons (Fsp3) is 0.647. The van der Waals surface area contributed by atoms with Gasteiger partial charge in [0.15, 0.2) is 0 Å². The van der Waals surface area contributed by atoms with Crippen molar-refractivity contribution in [3.63, 3.8) is 0 Å². The van der Waals surface area contributed by atoms with Crippen LogP contribution in [0, 0.1) is 5.92 Å². The van der Waals surface area contributed by atoms with E-state index in [9.17, 15) is 13.5 Å². The number of aliphatic hydroxyl groups excluding tert-OH is 1. The molecule has 0 spiro atoms. The number of hydrogen-bond acceptors (Lipinski definition) is 4. The largest absolute Gasteiger partial charge is 0.396 e. The lowest BCUT2D eigenvalue weighted by Gasteiger charge is -2.36. The van der Waals surface area contributed by atoms with Gasteiger partial charge in [0.25, 0.3) is 0 Å². The lowest BCUT2D eigenvalue weighted by Crippen LogP contribution is -2.43. The van der Waals surface area contributed by atoms with Gasteiger partial charge in [-0.15, -0.1) is 0 Å². The van der Waals surface area contributed by atoms with Crippen molar-refractivity contribution < 1.29 is 13.5 Å². The first-order valence-electron chi connectivity index (χ1n) is 8.23. The van der Waals surface area contributed by atoms with E-state index in [1.165, 1.54) is 11.8 Å². The van der Waals surface area contributed by atoms with Crippen LogP contribution in [0.5, 0.6) is 0 Å².